The number of halogens is 1. The second-order valence-corrected chi connectivity index (χ2v) is 10.8. The molecule has 3 aliphatic rings. The van der Waals surface area contributed by atoms with Crippen LogP contribution < -0.4 is 4.74 Å². The van der Waals surface area contributed by atoms with Gasteiger partial charge < -0.3 is 4.74 Å². The molecule has 1 aromatic rings. The molecule has 2 heteroatoms. The molecule has 4 unspecified atom stereocenters. The monoisotopic (exact) mass is 426 g/mol. The number of fused-ring (bicyclic) bond motifs is 1. The zero-order valence-electron chi connectivity index (χ0n) is 19.7. The molecule has 0 spiro atoms. The van der Waals surface area contributed by atoms with Crippen LogP contribution in [0, 0.1) is 35.4 Å². The molecule has 1 aromatic carbocycles. The summed E-state index contributed by atoms with van der Waals surface area (Å²) in [5.74, 6) is 5.59. The van der Waals surface area contributed by atoms with Crippen LogP contribution in [0.5, 0.6) is 5.75 Å². The summed E-state index contributed by atoms with van der Waals surface area (Å²) in [5, 5.41) is 0. The van der Waals surface area contributed by atoms with Crippen LogP contribution in [0.1, 0.15) is 102 Å². The minimum Gasteiger partial charge on any atom is -0.486 e. The highest BCUT2D eigenvalue weighted by atomic mass is 19.1. The summed E-state index contributed by atoms with van der Waals surface area (Å²) in [4.78, 5) is 0. The lowest BCUT2D eigenvalue weighted by Gasteiger charge is -2.45. The third-order valence-electron chi connectivity index (χ3n) is 8.95. The predicted molar refractivity (Wildman–Crippen MR) is 128 cm³/mol. The first kappa shape index (κ1) is 22.9. The lowest BCUT2D eigenvalue weighted by molar-refractivity contribution is 0.0614. The molecule has 4 rings (SSSR count). The standard InChI is InChI=1S/C29H43FO/c1-3-5-6-21-7-8-26-19-25(14-13-24(26)18-21)22-9-11-23(12-10-22)27-15-16-29(28(30)20-27)31-17-4-2/h4,15-16,20-26H,2-3,5-14,17-19H2,1H3. The molecule has 3 saturated carbocycles. The van der Waals surface area contributed by atoms with Crippen LogP contribution in [0.15, 0.2) is 30.9 Å². The molecule has 3 aliphatic carbocycles. The van der Waals surface area contributed by atoms with Crippen molar-refractivity contribution in [2.24, 2.45) is 29.6 Å². The quantitative estimate of drug-likeness (QED) is 0.378. The second-order valence-electron chi connectivity index (χ2n) is 10.8. The van der Waals surface area contributed by atoms with E-state index in [9.17, 15) is 4.39 Å². The largest absolute Gasteiger partial charge is 0.486 e. The second kappa shape index (κ2) is 11.0. The molecule has 0 saturated heterocycles. The minimum absolute atomic E-state index is 0.227. The van der Waals surface area contributed by atoms with E-state index in [1.165, 1.54) is 83.5 Å². The highest BCUT2D eigenvalue weighted by Crippen LogP contribution is 2.50. The summed E-state index contributed by atoms with van der Waals surface area (Å²) in [5.41, 5.74) is 1.16. The van der Waals surface area contributed by atoms with Gasteiger partial charge in [-0.3, -0.25) is 0 Å². The van der Waals surface area contributed by atoms with Crippen molar-refractivity contribution in [3.05, 3.63) is 42.2 Å². The Balaban J connectivity index is 1.25. The molecule has 172 valence electrons. The van der Waals surface area contributed by atoms with E-state index >= 15 is 0 Å². The number of ether oxygens (including phenoxy) is 1. The van der Waals surface area contributed by atoms with Crippen molar-refractivity contribution in [2.75, 3.05) is 6.61 Å². The van der Waals surface area contributed by atoms with Crippen molar-refractivity contribution in [3.63, 3.8) is 0 Å². The smallest absolute Gasteiger partial charge is 0.165 e. The molecule has 4 atom stereocenters. The van der Waals surface area contributed by atoms with Gasteiger partial charge >= 0.3 is 0 Å². The van der Waals surface area contributed by atoms with Gasteiger partial charge in [-0.15, -0.1) is 0 Å². The molecule has 0 amide bonds. The molecule has 31 heavy (non-hydrogen) atoms. The van der Waals surface area contributed by atoms with Gasteiger partial charge in [-0.1, -0.05) is 51.3 Å². The van der Waals surface area contributed by atoms with Gasteiger partial charge in [-0.2, -0.15) is 0 Å². The number of hydrogen-bond donors (Lipinski definition) is 0. The number of unbranched alkanes of at least 4 members (excludes halogenated alkanes) is 1. The van der Waals surface area contributed by atoms with Gasteiger partial charge in [-0.25, -0.2) is 4.39 Å². The summed E-state index contributed by atoms with van der Waals surface area (Å²) in [6, 6.07) is 5.60. The molecule has 0 aliphatic heterocycles. The van der Waals surface area contributed by atoms with Crippen molar-refractivity contribution in [1.29, 1.82) is 0 Å². The van der Waals surface area contributed by atoms with Gasteiger partial charge in [0.15, 0.2) is 11.6 Å². The Morgan fingerprint density at radius 2 is 1.61 bits per heavy atom. The van der Waals surface area contributed by atoms with E-state index in [1.54, 1.807) is 18.2 Å². The lowest BCUT2D eigenvalue weighted by Crippen LogP contribution is -2.34. The summed E-state index contributed by atoms with van der Waals surface area (Å²) in [6.07, 6.45) is 20.0. The van der Waals surface area contributed by atoms with Crippen molar-refractivity contribution in [1.82, 2.24) is 0 Å². The third-order valence-corrected chi connectivity index (χ3v) is 8.95. The number of rotatable bonds is 8. The van der Waals surface area contributed by atoms with E-state index in [4.69, 9.17) is 4.74 Å². The number of benzene rings is 1. The van der Waals surface area contributed by atoms with Crippen molar-refractivity contribution >= 4 is 0 Å². The maximum Gasteiger partial charge on any atom is 0.165 e. The van der Waals surface area contributed by atoms with Crippen LogP contribution >= 0.6 is 0 Å². The van der Waals surface area contributed by atoms with Gasteiger partial charge in [0.05, 0.1) is 0 Å². The van der Waals surface area contributed by atoms with E-state index in [1.807, 2.05) is 0 Å². The van der Waals surface area contributed by atoms with E-state index in [-0.39, 0.29) is 5.82 Å². The zero-order chi connectivity index (χ0) is 21.6. The van der Waals surface area contributed by atoms with Gasteiger partial charge in [-0.05, 0) is 111 Å². The summed E-state index contributed by atoms with van der Waals surface area (Å²) < 4.78 is 19.8. The van der Waals surface area contributed by atoms with Crippen LogP contribution in [0.4, 0.5) is 4.39 Å². The molecule has 0 N–H and O–H groups in total. The first-order valence-corrected chi connectivity index (χ1v) is 13.2. The number of hydrogen-bond acceptors (Lipinski definition) is 1. The molecule has 0 aromatic heterocycles. The van der Waals surface area contributed by atoms with Gasteiger partial charge in [0.1, 0.15) is 6.61 Å². The maximum absolute atomic E-state index is 14.4. The van der Waals surface area contributed by atoms with E-state index in [0.29, 0.717) is 18.3 Å². The Kier molecular flexibility index (Phi) is 8.13. The van der Waals surface area contributed by atoms with Crippen LogP contribution in [0.25, 0.3) is 0 Å². The normalized spacial score (nSPS) is 33.5. The SMILES string of the molecule is C=CCOc1ccc(C2CCC(C3CCC4CC(CCCC)CCC4C3)CC2)cc1F. The average Bonchev–Trinajstić information content (AvgIpc) is 2.81. The van der Waals surface area contributed by atoms with Crippen molar-refractivity contribution in [3.8, 4) is 5.75 Å². The summed E-state index contributed by atoms with van der Waals surface area (Å²) in [6.45, 7) is 6.31. The summed E-state index contributed by atoms with van der Waals surface area (Å²) in [7, 11) is 0. The van der Waals surface area contributed by atoms with Gasteiger partial charge in [0.25, 0.3) is 0 Å². The minimum atomic E-state index is -0.227. The zero-order valence-corrected chi connectivity index (χ0v) is 19.7. The Morgan fingerprint density at radius 1 is 0.935 bits per heavy atom. The summed E-state index contributed by atoms with van der Waals surface area (Å²) >= 11 is 0. The predicted octanol–water partition coefficient (Wildman–Crippen LogP) is 8.69. The van der Waals surface area contributed by atoms with Crippen LogP contribution in [-0.2, 0) is 0 Å². The first-order valence-electron chi connectivity index (χ1n) is 13.2. The molecular formula is C29H43FO. The van der Waals surface area contributed by atoms with Crippen LogP contribution in [0.2, 0.25) is 0 Å². The first-order chi connectivity index (χ1) is 15.2. The third kappa shape index (κ3) is 5.74. The Hall–Kier alpha value is -1.31. The van der Waals surface area contributed by atoms with Crippen molar-refractivity contribution < 1.29 is 9.13 Å². The fourth-order valence-electron chi connectivity index (χ4n) is 7.17. The molecular weight excluding hydrogens is 383 g/mol. The topological polar surface area (TPSA) is 9.23 Å². The Labute approximate surface area is 189 Å². The fraction of sp³-hybridized carbons (Fsp3) is 0.724. The van der Waals surface area contributed by atoms with E-state index < -0.39 is 0 Å². The Morgan fingerprint density at radius 3 is 2.32 bits per heavy atom. The van der Waals surface area contributed by atoms with E-state index in [0.717, 1.165) is 35.2 Å². The lowest BCUT2D eigenvalue weighted by atomic mass is 9.60. The fourth-order valence-corrected chi connectivity index (χ4v) is 7.17. The molecule has 3 fully saturated rings. The molecule has 0 heterocycles. The molecule has 0 radical (unpaired) electrons. The average molecular weight is 427 g/mol. The highest BCUT2D eigenvalue weighted by Gasteiger charge is 2.38. The van der Waals surface area contributed by atoms with Crippen molar-refractivity contribution in [2.45, 2.75) is 96.3 Å². The molecule has 1 nitrogen and oxygen atoms in total. The Bertz CT molecular complexity index is 705. The van der Waals surface area contributed by atoms with E-state index in [2.05, 4.69) is 19.6 Å². The van der Waals surface area contributed by atoms with Crippen LogP contribution in [-0.4, -0.2) is 6.61 Å². The highest BCUT2D eigenvalue weighted by molar-refractivity contribution is 5.31. The van der Waals surface area contributed by atoms with Gasteiger partial charge in [0, 0.05) is 0 Å². The van der Waals surface area contributed by atoms with Crippen LogP contribution in [0.3, 0.4) is 0 Å². The maximum atomic E-state index is 14.4. The van der Waals surface area contributed by atoms with Gasteiger partial charge in [0.2, 0.25) is 0 Å². The molecule has 0 bridgehead atoms.